The molecule has 0 aliphatic rings. The Bertz CT molecular complexity index is 585. The minimum atomic E-state index is -2.93. The normalized spacial score (nSPS) is 11.3. The van der Waals surface area contributed by atoms with Gasteiger partial charge in [0.1, 0.15) is 5.69 Å². The van der Waals surface area contributed by atoms with E-state index in [-0.39, 0.29) is 17.8 Å². The summed E-state index contributed by atoms with van der Waals surface area (Å²) in [5, 5.41) is 3.59. The number of nitrogens with two attached hydrogens (primary N) is 1. The Morgan fingerprint density at radius 1 is 1.16 bits per heavy atom. The molecule has 0 aliphatic carbocycles. The van der Waals surface area contributed by atoms with Gasteiger partial charge in [0.2, 0.25) is 0 Å². The van der Waals surface area contributed by atoms with Gasteiger partial charge in [-0.1, -0.05) is 0 Å². The van der Waals surface area contributed by atoms with E-state index in [0.717, 1.165) is 6.20 Å². The Balaban J connectivity index is 2.62. The Hall–Kier alpha value is -1.96. The molecule has 0 unspecified atom stereocenters. The van der Waals surface area contributed by atoms with Crippen LogP contribution in [0, 0.1) is 17.5 Å². The third kappa shape index (κ3) is 2.30. The molecule has 0 fully saturated rings. The lowest BCUT2D eigenvalue weighted by Gasteiger charge is -2.09. The predicted molar refractivity (Wildman–Crippen MR) is 56.3 cm³/mol. The van der Waals surface area contributed by atoms with E-state index in [2.05, 4.69) is 5.10 Å². The number of aromatic nitrogens is 2. The quantitative estimate of drug-likeness (QED) is 0.692. The molecular weight excluding hydrogens is 269 g/mol. The average molecular weight is 277 g/mol. The Morgan fingerprint density at radius 2 is 1.74 bits per heavy atom. The van der Waals surface area contributed by atoms with Crippen LogP contribution in [0.5, 0.6) is 0 Å². The summed E-state index contributed by atoms with van der Waals surface area (Å²) in [5.41, 5.74) is 4.39. The van der Waals surface area contributed by atoms with Gasteiger partial charge in [0, 0.05) is 24.2 Å². The molecule has 1 heterocycles. The first kappa shape index (κ1) is 13.5. The molecule has 0 aliphatic heterocycles. The van der Waals surface area contributed by atoms with Crippen LogP contribution in [0.4, 0.5) is 22.0 Å². The summed E-state index contributed by atoms with van der Waals surface area (Å²) >= 11 is 0. The van der Waals surface area contributed by atoms with Gasteiger partial charge in [-0.3, -0.25) is 0 Å². The number of hydrogen-bond acceptors (Lipinski definition) is 2. The SMILES string of the molecule is NCc1cnn(-c2cc(F)c(F)c(F)c2)c1C(F)F. The van der Waals surface area contributed by atoms with Crippen molar-refractivity contribution in [3.63, 3.8) is 0 Å². The van der Waals surface area contributed by atoms with Gasteiger partial charge < -0.3 is 5.73 Å². The minimum absolute atomic E-state index is 0.0418. The van der Waals surface area contributed by atoms with E-state index in [1.807, 2.05) is 0 Å². The van der Waals surface area contributed by atoms with Crippen molar-refractivity contribution < 1.29 is 22.0 Å². The fourth-order valence-electron chi connectivity index (χ4n) is 1.65. The minimum Gasteiger partial charge on any atom is -0.326 e. The third-order valence-electron chi connectivity index (χ3n) is 2.53. The van der Waals surface area contributed by atoms with Crippen LogP contribution in [0.1, 0.15) is 17.7 Å². The first-order valence-electron chi connectivity index (χ1n) is 5.15. The van der Waals surface area contributed by atoms with E-state index in [4.69, 9.17) is 5.73 Å². The Labute approximate surface area is 104 Å². The Kier molecular flexibility index (Phi) is 3.52. The number of rotatable bonds is 3. The molecule has 19 heavy (non-hydrogen) atoms. The molecule has 102 valence electrons. The molecule has 1 aromatic heterocycles. The van der Waals surface area contributed by atoms with Crippen molar-refractivity contribution in [2.45, 2.75) is 13.0 Å². The summed E-state index contributed by atoms with van der Waals surface area (Å²) in [6, 6.07) is 1.16. The molecule has 0 saturated carbocycles. The maximum atomic E-state index is 13.1. The van der Waals surface area contributed by atoms with Gasteiger partial charge in [-0.25, -0.2) is 26.6 Å². The second kappa shape index (κ2) is 4.96. The van der Waals surface area contributed by atoms with Crippen LogP contribution < -0.4 is 5.73 Å². The van der Waals surface area contributed by atoms with Crippen molar-refractivity contribution >= 4 is 0 Å². The summed E-state index contributed by atoms with van der Waals surface area (Å²) in [6.07, 6.45) is -1.86. The maximum Gasteiger partial charge on any atom is 0.280 e. The first-order valence-corrected chi connectivity index (χ1v) is 5.15. The molecular formula is C11H8F5N3. The van der Waals surface area contributed by atoms with Crippen molar-refractivity contribution in [3.8, 4) is 5.69 Å². The standard InChI is InChI=1S/C11H8F5N3/c12-7-1-6(2-8(13)9(7)14)19-10(11(15)16)5(3-17)4-18-19/h1-2,4,11H,3,17H2. The van der Waals surface area contributed by atoms with Gasteiger partial charge in [-0.05, 0) is 0 Å². The molecule has 2 aromatic rings. The molecule has 0 spiro atoms. The number of halogens is 5. The van der Waals surface area contributed by atoms with E-state index < -0.39 is 29.6 Å². The van der Waals surface area contributed by atoms with Crippen LogP contribution in [-0.2, 0) is 6.54 Å². The molecule has 0 saturated heterocycles. The zero-order chi connectivity index (χ0) is 14.2. The zero-order valence-electron chi connectivity index (χ0n) is 9.38. The third-order valence-corrected chi connectivity index (χ3v) is 2.53. The fourth-order valence-corrected chi connectivity index (χ4v) is 1.65. The number of alkyl halides is 2. The fraction of sp³-hybridized carbons (Fsp3) is 0.182. The van der Waals surface area contributed by atoms with E-state index in [1.54, 1.807) is 0 Å². The van der Waals surface area contributed by atoms with Crippen molar-refractivity contribution in [2.24, 2.45) is 5.73 Å². The van der Waals surface area contributed by atoms with Crippen LogP contribution in [0.15, 0.2) is 18.3 Å². The lowest BCUT2D eigenvalue weighted by atomic mass is 10.2. The van der Waals surface area contributed by atoms with Crippen molar-refractivity contribution in [2.75, 3.05) is 0 Å². The van der Waals surface area contributed by atoms with Crippen molar-refractivity contribution in [1.82, 2.24) is 9.78 Å². The van der Waals surface area contributed by atoms with E-state index in [1.165, 1.54) is 0 Å². The number of benzene rings is 1. The molecule has 0 bridgehead atoms. The van der Waals surface area contributed by atoms with Gasteiger partial charge in [0.25, 0.3) is 6.43 Å². The van der Waals surface area contributed by atoms with Gasteiger partial charge in [-0.15, -0.1) is 0 Å². The van der Waals surface area contributed by atoms with Gasteiger partial charge >= 0.3 is 0 Å². The van der Waals surface area contributed by atoms with Crippen LogP contribution in [0.3, 0.4) is 0 Å². The lowest BCUT2D eigenvalue weighted by molar-refractivity contribution is 0.141. The van der Waals surface area contributed by atoms with Gasteiger partial charge in [-0.2, -0.15) is 5.10 Å². The second-order valence-corrected chi connectivity index (χ2v) is 3.70. The highest BCUT2D eigenvalue weighted by molar-refractivity contribution is 5.37. The van der Waals surface area contributed by atoms with E-state index in [9.17, 15) is 22.0 Å². The molecule has 3 nitrogen and oxygen atoms in total. The molecule has 2 N–H and O–H groups in total. The predicted octanol–water partition coefficient (Wildman–Crippen LogP) is 2.69. The highest BCUT2D eigenvalue weighted by Crippen LogP contribution is 2.26. The highest BCUT2D eigenvalue weighted by Gasteiger charge is 2.22. The average Bonchev–Trinajstić information content (AvgIpc) is 2.79. The summed E-state index contributed by atoms with van der Waals surface area (Å²) < 4.78 is 65.4. The largest absolute Gasteiger partial charge is 0.326 e. The Morgan fingerprint density at radius 3 is 2.21 bits per heavy atom. The molecule has 0 radical (unpaired) electrons. The van der Waals surface area contributed by atoms with E-state index in [0.29, 0.717) is 16.8 Å². The maximum absolute atomic E-state index is 13.1. The van der Waals surface area contributed by atoms with Crippen molar-refractivity contribution in [1.29, 1.82) is 0 Å². The van der Waals surface area contributed by atoms with Crippen LogP contribution in [-0.4, -0.2) is 9.78 Å². The first-order chi connectivity index (χ1) is 8.95. The second-order valence-electron chi connectivity index (χ2n) is 3.70. The summed E-state index contributed by atoms with van der Waals surface area (Å²) in [5.74, 6) is -4.64. The zero-order valence-corrected chi connectivity index (χ0v) is 9.38. The van der Waals surface area contributed by atoms with Gasteiger partial charge in [0.05, 0.1) is 11.9 Å². The monoisotopic (exact) mass is 277 g/mol. The smallest absolute Gasteiger partial charge is 0.280 e. The highest BCUT2D eigenvalue weighted by atomic mass is 19.3. The topological polar surface area (TPSA) is 43.8 Å². The molecule has 0 atom stereocenters. The van der Waals surface area contributed by atoms with Crippen LogP contribution in [0.2, 0.25) is 0 Å². The van der Waals surface area contributed by atoms with Gasteiger partial charge in [0.15, 0.2) is 17.5 Å². The molecule has 2 rings (SSSR count). The molecule has 1 aromatic carbocycles. The summed E-state index contributed by atoms with van der Waals surface area (Å²) in [4.78, 5) is 0. The van der Waals surface area contributed by atoms with E-state index >= 15 is 0 Å². The molecule has 8 heteroatoms. The lowest BCUT2D eigenvalue weighted by Crippen LogP contribution is -2.08. The number of nitrogens with zero attached hydrogens (tertiary/aromatic N) is 2. The van der Waals surface area contributed by atoms with Crippen LogP contribution >= 0.6 is 0 Å². The summed E-state index contributed by atoms with van der Waals surface area (Å²) in [6.45, 7) is -0.203. The molecule has 0 amide bonds. The number of hydrogen-bond donors (Lipinski definition) is 1. The van der Waals surface area contributed by atoms with Crippen LogP contribution in [0.25, 0.3) is 5.69 Å². The van der Waals surface area contributed by atoms with Crippen molar-refractivity contribution in [3.05, 3.63) is 47.0 Å². The summed E-state index contributed by atoms with van der Waals surface area (Å²) in [7, 11) is 0.